The van der Waals surface area contributed by atoms with Gasteiger partial charge < -0.3 is 19.9 Å². The second kappa shape index (κ2) is 12.1. The Kier molecular flexibility index (Phi) is 8.15. The van der Waals surface area contributed by atoms with E-state index in [1.165, 1.54) is 18.3 Å². The monoisotopic (exact) mass is 546 g/mol. The van der Waals surface area contributed by atoms with Gasteiger partial charge in [-0.25, -0.2) is 19.0 Å². The molecular weight excluding hydrogens is 515 g/mol. The number of aromatic nitrogens is 4. The number of halogens is 1. The summed E-state index contributed by atoms with van der Waals surface area (Å²) in [6.07, 6.45) is 3.05. The molecule has 1 fully saturated rings. The lowest BCUT2D eigenvalue weighted by atomic mass is 10.0. The highest BCUT2D eigenvalue weighted by Gasteiger charge is 2.22. The van der Waals surface area contributed by atoms with Gasteiger partial charge in [0.25, 0.3) is 0 Å². The maximum absolute atomic E-state index is 14.8. The Morgan fingerprint density at radius 3 is 2.60 bits per heavy atom. The van der Waals surface area contributed by atoms with Crippen molar-refractivity contribution in [2.75, 3.05) is 44.6 Å². The molecule has 0 radical (unpaired) electrons. The number of fused-ring (bicyclic) bond motifs is 1. The predicted molar refractivity (Wildman–Crippen MR) is 149 cm³/mol. The van der Waals surface area contributed by atoms with E-state index < -0.39 is 11.8 Å². The van der Waals surface area contributed by atoms with Gasteiger partial charge >= 0.3 is 12.1 Å². The van der Waals surface area contributed by atoms with Crippen molar-refractivity contribution in [1.82, 2.24) is 35.1 Å². The number of hydrogen-bond acceptors (Lipinski definition) is 7. The predicted octanol–water partition coefficient (Wildman–Crippen LogP) is 4.24. The number of aromatic amines is 1. The summed E-state index contributed by atoms with van der Waals surface area (Å²) in [7, 11) is 0. The van der Waals surface area contributed by atoms with E-state index in [1.54, 1.807) is 18.0 Å². The molecule has 0 spiro atoms. The van der Waals surface area contributed by atoms with Gasteiger partial charge in [0.1, 0.15) is 17.0 Å². The number of benzene rings is 1. The summed E-state index contributed by atoms with van der Waals surface area (Å²) in [5.41, 5.74) is 4.30. The summed E-state index contributed by atoms with van der Waals surface area (Å²) in [5, 5.41) is 5.33. The molecule has 1 saturated heterocycles. The molecule has 0 saturated carbocycles. The van der Waals surface area contributed by atoms with Crippen molar-refractivity contribution < 1.29 is 18.7 Å². The molecular formula is C28H31FN8O3. The third-order valence-corrected chi connectivity index (χ3v) is 6.61. The Morgan fingerprint density at radius 2 is 1.90 bits per heavy atom. The molecule has 3 aromatic heterocycles. The van der Waals surface area contributed by atoms with Crippen molar-refractivity contribution in [2.24, 2.45) is 0 Å². The number of carbonyl (C=O) groups excluding carboxylic acids is 2. The molecule has 0 bridgehead atoms. The number of anilines is 1. The molecule has 1 aliphatic rings. The molecule has 1 aromatic carbocycles. The van der Waals surface area contributed by atoms with Crippen LogP contribution < -0.4 is 10.6 Å². The minimum Gasteiger partial charge on any atom is -0.450 e. The van der Waals surface area contributed by atoms with Crippen LogP contribution in [0, 0.1) is 5.82 Å². The molecule has 4 aromatic rings. The van der Waals surface area contributed by atoms with Gasteiger partial charge in [0.15, 0.2) is 0 Å². The summed E-state index contributed by atoms with van der Waals surface area (Å²) in [5.74, 6) is -0.231. The quantitative estimate of drug-likeness (QED) is 0.316. The molecule has 0 atom stereocenters. The Hall–Kier alpha value is -4.58. The first-order valence-electron chi connectivity index (χ1n) is 13.2. The topological polar surface area (TPSA) is 128 Å². The lowest BCUT2D eigenvalue weighted by Crippen LogP contribution is -2.48. The SMILES string of the molecule is CCNC(=O)Nc1nc2c(-c3ncccc3F)cc(-c3ccc(CN4CCN(C(=O)OCC)CC4)nc3)cc2[nH]1. The first kappa shape index (κ1) is 27.0. The Labute approximate surface area is 230 Å². The zero-order valence-electron chi connectivity index (χ0n) is 22.4. The van der Waals surface area contributed by atoms with Crippen LogP contribution in [0.1, 0.15) is 19.5 Å². The number of pyridine rings is 2. The maximum atomic E-state index is 14.8. The van der Waals surface area contributed by atoms with E-state index in [0.29, 0.717) is 49.4 Å². The summed E-state index contributed by atoms with van der Waals surface area (Å²) in [6.45, 7) is 7.83. The smallest absolute Gasteiger partial charge is 0.409 e. The van der Waals surface area contributed by atoms with Crippen molar-refractivity contribution in [2.45, 2.75) is 20.4 Å². The van der Waals surface area contributed by atoms with E-state index in [1.807, 2.05) is 31.2 Å². The fourth-order valence-corrected chi connectivity index (χ4v) is 4.64. The molecule has 40 heavy (non-hydrogen) atoms. The largest absolute Gasteiger partial charge is 0.450 e. The molecule has 1 aliphatic heterocycles. The van der Waals surface area contributed by atoms with Gasteiger partial charge in [0.05, 0.1) is 17.8 Å². The second-order valence-electron chi connectivity index (χ2n) is 9.32. The number of amides is 3. The maximum Gasteiger partial charge on any atom is 0.409 e. The number of nitrogens with zero attached hydrogens (tertiary/aromatic N) is 5. The van der Waals surface area contributed by atoms with Crippen molar-refractivity contribution in [1.29, 1.82) is 0 Å². The lowest BCUT2D eigenvalue weighted by Gasteiger charge is -2.33. The highest BCUT2D eigenvalue weighted by Crippen LogP contribution is 2.34. The van der Waals surface area contributed by atoms with E-state index >= 15 is 0 Å². The number of nitrogens with one attached hydrogen (secondary N) is 3. The van der Waals surface area contributed by atoms with Gasteiger partial charge in [0, 0.05) is 62.8 Å². The van der Waals surface area contributed by atoms with E-state index in [0.717, 1.165) is 29.9 Å². The average molecular weight is 547 g/mol. The van der Waals surface area contributed by atoms with E-state index in [9.17, 15) is 14.0 Å². The highest BCUT2D eigenvalue weighted by atomic mass is 19.1. The van der Waals surface area contributed by atoms with Gasteiger partial charge in [-0.15, -0.1) is 0 Å². The molecule has 208 valence electrons. The van der Waals surface area contributed by atoms with Crippen LogP contribution in [-0.4, -0.2) is 81.2 Å². The normalized spacial score (nSPS) is 13.8. The third-order valence-electron chi connectivity index (χ3n) is 6.61. The molecule has 3 amide bonds. The fourth-order valence-electron chi connectivity index (χ4n) is 4.64. The minimum atomic E-state index is -0.473. The van der Waals surface area contributed by atoms with Crippen LogP contribution in [0.25, 0.3) is 33.4 Å². The van der Waals surface area contributed by atoms with Gasteiger partial charge in [-0.05, 0) is 49.7 Å². The van der Waals surface area contributed by atoms with Gasteiger partial charge in [0.2, 0.25) is 5.95 Å². The summed E-state index contributed by atoms with van der Waals surface area (Å²) in [4.78, 5) is 44.5. The number of urea groups is 1. The van der Waals surface area contributed by atoms with Crippen molar-refractivity contribution >= 4 is 29.1 Å². The van der Waals surface area contributed by atoms with Crippen LogP contribution in [0.15, 0.2) is 48.8 Å². The van der Waals surface area contributed by atoms with Gasteiger partial charge in [-0.3, -0.25) is 20.2 Å². The van der Waals surface area contributed by atoms with Crippen molar-refractivity contribution in [3.8, 4) is 22.4 Å². The van der Waals surface area contributed by atoms with Crippen LogP contribution in [0.4, 0.5) is 19.9 Å². The lowest BCUT2D eigenvalue weighted by molar-refractivity contribution is 0.0775. The van der Waals surface area contributed by atoms with Gasteiger partial charge in [-0.2, -0.15) is 0 Å². The van der Waals surface area contributed by atoms with Crippen LogP contribution in [0.2, 0.25) is 0 Å². The van der Waals surface area contributed by atoms with E-state index in [4.69, 9.17) is 4.74 Å². The third kappa shape index (κ3) is 6.01. The van der Waals surface area contributed by atoms with E-state index in [-0.39, 0.29) is 17.7 Å². The number of rotatable bonds is 7. The number of carbonyl (C=O) groups is 2. The van der Waals surface area contributed by atoms with Crippen LogP contribution in [-0.2, 0) is 11.3 Å². The van der Waals surface area contributed by atoms with Crippen LogP contribution in [0.3, 0.4) is 0 Å². The first-order chi connectivity index (χ1) is 19.4. The Morgan fingerprint density at radius 1 is 1.07 bits per heavy atom. The molecule has 5 rings (SSSR count). The number of piperazine rings is 1. The molecule has 3 N–H and O–H groups in total. The standard InChI is InChI=1S/C28H31FN8O3/c1-3-30-27(38)35-26-33-23-15-19(14-21(25(23)34-26)24-22(29)6-5-9-31-24)18-7-8-20(32-16-18)17-36-10-12-37(13-11-36)28(39)40-4-2/h5-9,14-16H,3-4,10-13,17H2,1-2H3,(H3,30,33,34,35,38). The van der Waals surface area contributed by atoms with Crippen LogP contribution >= 0.6 is 0 Å². The Bertz CT molecular complexity index is 1500. The second-order valence-corrected chi connectivity index (χ2v) is 9.32. The van der Waals surface area contributed by atoms with Crippen molar-refractivity contribution in [3.63, 3.8) is 0 Å². The molecule has 0 unspecified atom stereocenters. The minimum absolute atomic E-state index is 0.164. The number of imidazole rings is 1. The molecule has 12 heteroatoms. The molecule has 0 aliphatic carbocycles. The average Bonchev–Trinajstić information content (AvgIpc) is 3.36. The Balaban J connectivity index is 1.38. The first-order valence-corrected chi connectivity index (χ1v) is 13.2. The summed E-state index contributed by atoms with van der Waals surface area (Å²) in [6, 6.07) is 10.1. The number of ether oxygens (including phenoxy) is 1. The zero-order valence-corrected chi connectivity index (χ0v) is 22.4. The molecule has 4 heterocycles. The van der Waals surface area contributed by atoms with Crippen LogP contribution in [0.5, 0.6) is 0 Å². The fraction of sp³-hybridized carbons (Fsp3) is 0.321. The highest BCUT2D eigenvalue weighted by molar-refractivity contribution is 5.98. The van der Waals surface area contributed by atoms with E-state index in [2.05, 4.69) is 35.5 Å². The van der Waals surface area contributed by atoms with Crippen molar-refractivity contribution in [3.05, 3.63) is 60.3 Å². The number of H-pyrrole nitrogens is 1. The van der Waals surface area contributed by atoms with Gasteiger partial charge in [-0.1, -0.05) is 6.07 Å². The zero-order chi connectivity index (χ0) is 28.1. The summed E-state index contributed by atoms with van der Waals surface area (Å²) >= 11 is 0. The number of hydrogen-bond donors (Lipinski definition) is 3. The summed E-state index contributed by atoms with van der Waals surface area (Å²) < 4.78 is 19.9. The molecule has 11 nitrogen and oxygen atoms in total.